The molecule has 0 bridgehead atoms. The van der Waals surface area contributed by atoms with E-state index in [1.807, 2.05) is 0 Å². The molecular formula is C14H15F2NO4. The smallest absolute Gasteiger partial charge is 0.261 e. The summed E-state index contributed by atoms with van der Waals surface area (Å²) in [4.78, 5) is 25.0. The number of nitrogens with zero attached hydrogens (tertiary/aromatic N) is 1. The molecule has 1 aliphatic rings. The molecule has 0 aliphatic carbocycles. The highest BCUT2D eigenvalue weighted by Crippen LogP contribution is 2.27. The number of hydrogen-bond acceptors (Lipinski definition) is 4. The van der Waals surface area contributed by atoms with Gasteiger partial charge in [0.05, 0.1) is 23.3 Å². The van der Waals surface area contributed by atoms with Crippen molar-refractivity contribution in [1.29, 1.82) is 0 Å². The van der Waals surface area contributed by atoms with Gasteiger partial charge in [-0.3, -0.25) is 14.5 Å². The Morgan fingerprint density at radius 1 is 1.19 bits per heavy atom. The normalized spacial score (nSPS) is 17.1. The van der Waals surface area contributed by atoms with E-state index in [4.69, 9.17) is 4.74 Å². The van der Waals surface area contributed by atoms with Gasteiger partial charge in [0, 0.05) is 20.1 Å². The molecule has 0 spiro atoms. The Labute approximate surface area is 120 Å². The highest BCUT2D eigenvalue weighted by molar-refractivity contribution is 6.21. The molecular weight excluding hydrogens is 284 g/mol. The van der Waals surface area contributed by atoms with Gasteiger partial charge in [-0.2, -0.15) is 0 Å². The summed E-state index contributed by atoms with van der Waals surface area (Å²) in [6.45, 7) is 1.43. The third kappa shape index (κ3) is 2.93. The number of amides is 2. The molecule has 0 fully saturated rings. The van der Waals surface area contributed by atoms with Crippen molar-refractivity contribution in [3.63, 3.8) is 0 Å². The topological polar surface area (TPSA) is 66.8 Å². The van der Waals surface area contributed by atoms with Crippen LogP contribution in [-0.2, 0) is 4.74 Å². The highest BCUT2D eigenvalue weighted by Gasteiger charge is 2.40. The lowest BCUT2D eigenvalue weighted by Gasteiger charge is -2.27. The molecule has 1 heterocycles. The van der Waals surface area contributed by atoms with E-state index >= 15 is 0 Å². The average Bonchev–Trinajstić information content (AvgIpc) is 2.63. The maximum Gasteiger partial charge on any atom is 0.261 e. The summed E-state index contributed by atoms with van der Waals surface area (Å²) >= 11 is 0. The first-order valence-electron chi connectivity index (χ1n) is 6.33. The Balaban J connectivity index is 2.25. The summed E-state index contributed by atoms with van der Waals surface area (Å²) in [6, 6.07) is 1.41. The van der Waals surface area contributed by atoms with Crippen LogP contribution in [0.2, 0.25) is 0 Å². The van der Waals surface area contributed by atoms with Gasteiger partial charge in [0.25, 0.3) is 11.8 Å². The van der Waals surface area contributed by atoms with Gasteiger partial charge in [-0.15, -0.1) is 0 Å². The first-order valence-corrected chi connectivity index (χ1v) is 6.33. The standard InChI is InChI=1S/C14H15F2NO4/c1-14(20,3-4-21-2)7-17-12(18)8-5-10(15)11(16)6-9(8)13(17)19/h5-6,20H,3-4,7H2,1-2H3. The van der Waals surface area contributed by atoms with E-state index < -0.39 is 29.0 Å². The van der Waals surface area contributed by atoms with Crippen LogP contribution in [0.25, 0.3) is 0 Å². The number of carbonyl (C=O) groups excluding carboxylic acids is 2. The summed E-state index contributed by atoms with van der Waals surface area (Å²) in [5, 5.41) is 10.2. The minimum atomic E-state index is -1.35. The van der Waals surface area contributed by atoms with Crippen LogP contribution in [0.1, 0.15) is 34.1 Å². The number of aliphatic hydroxyl groups is 1. The van der Waals surface area contributed by atoms with E-state index in [1.165, 1.54) is 14.0 Å². The Bertz CT molecular complexity index is 560. The molecule has 1 aliphatic heterocycles. The SMILES string of the molecule is COCCC(C)(O)CN1C(=O)c2cc(F)c(F)cc2C1=O. The second-order valence-electron chi connectivity index (χ2n) is 5.25. The molecule has 0 radical (unpaired) electrons. The number of benzene rings is 1. The lowest BCUT2D eigenvalue weighted by atomic mass is 10.0. The second kappa shape index (κ2) is 5.50. The first kappa shape index (κ1) is 15.5. The number of carbonyl (C=O) groups is 2. The molecule has 1 aromatic rings. The van der Waals surface area contributed by atoms with Gasteiger partial charge in [-0.05, 0) is 19.1 Å². The van der Waals surface area contributed by atoms with E-state index in [-0.39, 0.29) is 30.7 Å². The number of ether oxygens (including phenoxy) is 1. The van der Waals surface area contributed by atoms with Gasteiger partial charge in [0.15, 0.2) is 11.6 Å². The monoisotopic (exact) mass is 299 g/mol. The van der Waals surface area contributed by atoms with Crippen molar-refractivity contribution in [3.05, 3.63) is 34.9 Å². The predicted molar refractivity (Wildman–Crippen MR) is 68.8 cm³/mol. The van der Waals surface area contributed by atoms with Crippen molar-refractivity contribution in [2.45, 2.75) is 18.9 Å². The second-order valence-corrected chi connectivity index (χ2v) is 5.25. The molecule has 2 rings (SSSR count). The number of β-amino-alcohol motifs (C(OH)–C–C–N with tert-alkyl or cyclic N) is 1. The summed E-state index contributed by atoms with van der Waals surface area (Å²) in [5.41, 5.74) is -1.73. The third-order valence-corrected chi connectivity index (χ3v) is 3.36. The summed E-state index contributed by atoms with van der Waals surface area (Å²) in [6.07, 6.45) is 0.208. The van der Waals surface area contributed by atoms with Crippen LogP contribution >= 0.6 is 0 Å². The van der Waals surface area contributed by atoms with Gasteiger partial charge < -0.3 is 9.84 Å². The zero-order chi connectivity index (χ0) is 15.8. The Kier molecular flexibility index (Phi) is 4.06. The average molecular weight is 299 g/mol. The zero-order valence-electron chi connectivity index (χ0n) is 11.7. The maximum absolute atomic E-state index is 13.2. The van der Waals surface area contributed by atoms with Crippen molar-refractivity contribution in [1.82, 2.24) is 4.90 Å². The lowest BCUT2D eigenvalue weighted by molar-refractivity contribution is -0.000292. The van der Waals surface area contributed by atoms with Crippen LogP contribution in [0.4, 0.5) is 8.78 Å². The molecule has 114 valence electrons. The van der Waals surface area contributed by atoms with E-state index in [0.29, 0.717) is 12.1 Å². The molecule has 0 saturated heterocycles. The van der Waals surface area contributed by atoms with E-state index in [0.717, 1.165) is 4.90 Å². The quantitative estimate of drug-likeness (QED) is 0.833. The van der Waals surface area contributed by atoms with Crippen molar-refractivity contribution < 1.29 is 28.2 Å². The molecule has 2 amide bonds. The fraction of sp³-hybridized carbons (Fsp3) is 0.429. The third-order valence-electron chi connectivity index (χ3n) is 3.36. The van der Waals surface area contributed by atoms with Crippen LogP contribution in [0.3, 0.4) is 0 Å². The zero-order valence-corrected chi connectivity index (χ0v) is 11.7. The number of rotatable bonds is 5. The molecule has 0 saturated carbocycles. The number of hydrogen-bond donors (Lipinski definition) is 1. The molecule has 5 nitrogen and oxygen atoms in total. The minimum Gasteiger partial charge on any atom is -0.388 e. The Hall–Kier alpha value is -1.86. The van der Waals surface area contributed by atoms with E-state index in [2.05, 4.69) is 0 Å². The van der Waals surface area contributed by atoms with Gasteiger partial charge in [0.2, 0.25) is 0 Å². The van der Waals surface area contributed by atoms with Crippen LogP contribution in [-0.4, -0.2) is 47.7 Å². The van der Waals surface area contributed by atoms with E-state index in [9.17, 15) is 23.5 Å². The molecule has 7 heteroatoms. The lowest BCUT2D eigenvalue weighted by Crippen LogP contribution is -2.44. The number of imide groups is 1. The first-order chi connectivity index (χ1) is 9.76. The molecule has 0 aromatic heterocycles. The minimum absolute atomic E-state index is 0.193. The largest absolute Gasteiger partial charge is 0.388 e. The summed E-state index contributed by atoms with van der Waals surface area (Å²) in [7, 11) is 1.46. The van der Waals surface area contributed by atoms with Crippen LogP contribution in [0.15, 0.2) is 12.1 Å². The molecule has 1 atom stereocenters. The fourth-order valence-corrected chi connectivity index (χ4v) is 2.17. The molecule has 1 unspecified atom stereocenters. The maximum atomic E-state index is 13.2. The number of methoxy groups -OCH3 is 1. The van der Waals surface area contributed by atoms with Crippen LogP contribution in [0, 0.1) is 11.6 Å². The Morgan fingerprint density at radius 2 is 1.67 bits per heavy atom. The predicted octanol–water partition coefficient (Wildman–Crippen LogP) is 1.35. The van der Waals surface area contributed by atoms with Gasteiger partial charge >= 0.3 is 0 Å². The summed E-state index contributed by atoms with van der Waals surface area (Å²) in [5.74, 6) is -3.87. The fourth-order valence-electron chi connectivity index (χ4n) is 2.17. The Morgan fingerprint density at radius 3 is 2.10 bits per heavy atom. The van der Waals surface area contributed by atoms with Crippen molar-refractivity contribution in [2.75, 3.05) is 20.3 Å². The van der Waals surface area contributed by atoms with Crippen LogP contribution < -0.4 is 0 Å². The van der Waals surface area contributed by atoms with Crippen molar-refractivity contribution in [3.8, 4) is 0 Å². The number of fused-ring (bicyclic) bond motifs is 1. The van der Waals surface area contributed by atoms with E-state index in [1.54, 1.807) is 0 Å². The number of halogens is 2. The highest BCUT2D eigenvalue weighted by atomic mass is 19.2. The summed E-state index contributed by atoms with van der Waals surface area (Å²) < 4.78 is 31.2. The van der Waals surface area contributed by atoms with Gasteiger partial charge in [-0.1, -0.05) is 0 Å². The van der Waals surface area contributed by atoms with Crippen molar-refractivity contribution >= 4 is 11.8 Å². The molecule has 1 aromatic carbocycles. The van der Waals surface area contributed by atoms with Gasteiger partial charge in [-0.25, -0.2) is 8.78 Å². The van der Waals surface area contributed by atoms with Crippen LogP contribution in [0.5, 0.6) is 0 Å². The molecule has 1 N–H and O–H groups in total. The van der Waals surface area contributed by atoms with Gasteiger partial charge in [0.1, 0.15) is 0 Å². The van der Waals surface area contributed by atoms with Crippen molar-refractivity contribution in [2.24, 2.45) is 0 Å². The molecule has 21 heavy (non-hydrogen) atoms.